The van der Waals surface area contributed by atoms with Gasteiger partial charge in [-0.05, 0) is 48.9 Å². The maximum atomic E-state index is 12.5. The fourth-order valence-corrected chi connectivity index (χ4v) is 3.01. The third kappa shape index (κ3) is 5.22. The summed E-state index contributed by atoms with van der Waals surface area (Å²) in [4.78, 5) is 47.6. The number of hydrogen-bond donors (Lipinski definition) is 3. The van der Waals surface area contributed by atoms with Crippen molar-refractivity contribution in [2.24, 2.45) is 5.73 Å². The number of primary amides is 1. The quantitative estimate of drug-likeness (QED) is 0.372. The van der Waals surface area contributed by atoms with Gasteiger partial charge < -0.3 is 19.9 Å². The van der Waals surface area contributed by atoms with Crippen molar-refractivity contribution < 1.29 is 33.4 Å². The predicted molar refractivity (Wildman–Crippen MR) is 112 cm³/mol. The normalized spacial score (nSPS) is 15.0. The Bertz CT molecular complexity index is 983. The molecule has 0 spiro atoms. The number of carbonyl (C=O) groups excluding carboxylic acids is 4. The summed E-state index contributed by atoms with van der Waals surface area (Å²) >= 11 is 0. The van der Waals surface area contributed by atoms with Gasteiger partial charge in [0.15, 0.2) is 0 Å². The van der Waals surface area contributed by atoms with Crippen molar-refractivity contribution in [1.29, 1.82) is 0 Å². The first-order valence-corrected chi connectivity index (χ1v) is 9.89. The zero-order valence-electron chi connectivity index (χ0n) is 17.4. The van der Waals surface area contributed by atoms with Crippen LogP contribution in [0.5, 0.6) is 11.5 Å². The average molecular weight is 441 g/mol. The lowest BCUT2D eigenvalue weighted by molar-refractivity contribution is -0.153. The second-order valence-electron chi connectivity index (χ2n) is 6.93. The molecule has 0 unspecified atom stereocenters. The number of amides is 5. The largest absolute Gasteiger partial charge is 0.489 e. The van der Waals surface area contributed by atoms with E-state index in [1.54, 1.807) is 55.5 Å². The van der Waals surface area contributed by atoms with Crippen molar-refractivity contribution in [2.45, 2.75) is 25.6 Å². The molecule has 10 heteroatoms. The number of nitrogens with one attached hydrogen (secondary N) is 2. The summed E-state index contributed by atoms with van der Waals surface area (Å²) in [5.41, 5.74) is 4.53. The van der Waals surface area contributed by atoms with Gasteiger partial charge in [0.25, 0.3) is 17.4 Å². The Morgan fingerprint density at radius 3 is 2.09 bits per heavy atom. The first kappa shape index (κ1) is 22.8. The van der Waals surface area contributed by atoms with Gasteiger partial charge in [-0.1, -0.05) is 12.1 Å². The van der Waals surface area contributed by atoms with Crippen molar-refractivity contribution in [3.05, 3.63) is 59.7 Å². The molecule has 0 bridgehead atoms. The van der Waals surface area contributed by atoms with Gasteiger partial charge in [-0.15, -0.1) is 0 Å². The zero-order valence-corrected chi connectivity index (χ0v) is 17.4. The van der Waals surface area contributed by atoms with E-state index in [1.165, 1.54) is 0 Å². The van der Waals surface area contributed by atoms with E-state index >= 15 is 0 Å². The van der Waals surface area contributed by atoms with Gasteiger partial charge in [-0.25, -0.2) is 4.79 Å². The van der Waals surface area contributed by atoms with Crippen LogP contribution in [0.1, 0.15) is 29.3 Å². The Morgan fingerprint density at radius 1 is 0.938 bits per heavy atom. The van der Waals surface area contributed by atoms with E-state index in [4.69, 9.17) is 19.9 Å². The molecule has 32 heavy (non-hydrogen) atoms. The molecule has 1 saturated heterocycles. The Morgan fingerprint density at radius 2 is 1.53 bits per heavy atom. The number of ether oxygens (including phenoxy) is 3. The molecule has 0 radical (unpaired) electrons. The van der Waals surface area contributed by atoms with Crippen molar-refractivity contribution >= 4 is 23.8 Å². The second kappa shape index (κ2) is 9.92. The van der Waals surface area contributed by atoms with Crippen LogP contribution in [0.25, 0.3) is 0 Å². The molecule has 1 heterocycles. The molecule has 3 rings (SSSR count). The topological polar surface area (TPSA) is 146 Å². The third-order valence-electron chi connectivity index (χ3n) is 4.75. The van der Waals surface area contributed by atoms with Gasteiger partial charge in [0, 0.05) is 18.6 Å². The lowest BCUT2D eigenvalue weighted by atomic mass is 9.95. The summed E-state index contributed by atoms with van der Waals surface area (Å²) in [5, 5.41) is 4.13. The Kier molecular flexibility index (Phi) is 7.06. The number of urea groups is 1. The summed E-state index contributed by atoms with van der Waals surface area (Å²) in [6, 6.07) is 12.1. The van der Waals surface area contributed by atoms with Crippen LogP contribution in [-0.2, 0) is 20.9 Å². The molecule has 2 aromatic carbocycles. The van der Waals surface area contributed by atoms with Crippen LogP contribution in [0.2, 0.25) is 0 Å². The van der Waals surface area contributed by atoms with Crippen molar-refractivity contribution in [2.75, 3.05) is 13.2 Å². The van der Waals surface area contributed by atoms with Gasteiger partial charge in [0.2, 0.25) is 5.91 Å². The van der Waals surface area contributed by atoms with Crippen LogP contribution in [0, 0.1) is 0 Å². The van der Waals surface area contributed by atoms with Gasteiger partial charge in [0.1, 0.15) is 18.1 Å². The van der Waals surface area contributed by atoms with Crippen LogP contribution >= 0.6 is 0 Å². The molecule has 5 amide bonds. The predicted octanol–water partition coefficient (Wildman–Crippen LogP) is 1.27. The molecule has 0 saturated carbocycles. The maximum absolute atomic E-state index is 12.5. The maximum Gasteiger partial charge on any atom is 0.328 e. The molecule has 1 fully saturated rings. The minimum absolute atomic E-state index is 0.0780. The van der Waals surface area contributed by atoms with E-state index < -0.39 is 29.4 Å². The summed E-state index contributed by atoms with van der Waals surface area (Å²) in [6.45, 7) is 2.52. The fourth-order valence-electron chi connectivity index (χ4n) is 3.01. The highest BCUT2D eigenvalue weighted by atomic mass is 16.5. The molecule has 1 aliphatic heterocycles. The first-order chi connectivity index (χ1) is 15.3. The number of rotatable bonds is 10. The van der Waals surface area contributed by atoms with E-state index in [1.807, 2.05) is 0 Å². The van der Waals surface area contributed by atoms with Crippen LogP contribution in [0.15, 0.2) is 48.5 Å². The summed E-state index contributed by atoms with van der Waals surface area (Å²) in [5.74, 6) is -1.46. The Hall–Kier alpha value is -3.92. The van der Waals surface area contributed by atoms with E-state index in [2.05, 4.69) is 10.6 Å². The molecule has 2 aromatic rings. The zero-order chi connectivity index (χ0) is 23.1. The monoisotopic (exact) mass is 441 g/mol. The highest BCUT2D eigenvalue weighted by molar-refractivity contribution is 6.21. The molecule has 168 valence electrons. The molecule has 0 aliphatic carbocycles. The summed E-state index contributed by atoms with van der Waals surface area (Å²) in [7, 11) is 0. The minimum atomic E-state index is -1.94. The number of carbonyl (C=O) groups is 4. The van der Waals surface area contributed by atoms with Crippen LogP contribution in [0.4, 0.5) is 4.79 Å². The van der Waals surface area contributed by atoms with E-state index in [9.17, 15) is 19.2 Å². The van der Waals surface area contributed by atoms with Crippen molar-refractivity contribution in [3.8, 4) is 11.5 Å². The molecule has 10 nitrogen and oxygen atoms in total. The van der Waals surface area contributed by atoms with Gasteiger partial charge >= 0.3 is 6.03 Å². The third-order valence-corrected chi connectivity index (χ3v) is 4.75. The molecule has 4 N–H and O–H groups in total. The lowest BCUT2D eigenvalue weighted by Gasteiger charge is -2.34. The van der Waals surface area contributed by atoms with E-state index in [0.717, 1.165) is 5.56 Å². The smallest absolute Gasteiger partial charge is 0.328 e. The molecular formula is C22H23N3O7. The standard InChI is InChI=1S/C22H23N3O7/c1-2-30-12-11-22(19(27)24-21(29)25-20(22)28)32-17-9-7-16(8-10-17)31-13-14-3-5-15(6-4-14)18(23)26/h3-10H,2,11-13H2,1H3,(H2,23,26)(H2,24,25,27,28,29). The van der Waals surface area contributed by atoms with Crippen molar-refractivity contribution in [3.63, 3.8) is 0 Å². The number of barbiturate groups is 1. The van der Waals surface area contributed by atoms with Gasteiger partial charge in [-0.2, -0.15) is 0 Å². The lowest BCUT2D eigenvalue weighted by Crippen LogP contribution is -2.69. The highest BCUT2D eigenvalue weighted by Crippen LogP contribution is 2.27. The van der Waals surface area contributed by atoms with Crippen LogP contribution in [-0.4, -0.2) is 42.6 Å². The summed E-state index contributed by atoms with van der Waals surface area (Å²) < 4.78 is 16.7. The number of benzene rings is 2. The Balaban J connectivity index is 1.67. The number of hydrogen-bond acceptors (Lipinski definition) is 7. The van der Waals surface area contributed by atoms with Gasteiger partial charge in [-0.3, -0.25) is 25.0 Å². The molecular weight excluding hydrogens is 418 g/mol. The number of imide groups is 2. The minimum Gasteiger partial charge on any atom is -0.489 e. The second-order valence-corrected chi connectivity index (χ2v) is 6.93. The summed E-state index contributed by atoms with van der Waals surface area (Å²) in [6.07, 6.45) is -0.0780. The SMILES string of the molecule is CCOCCC1(Oc2ccc(OCc3ccc(C(N)=O)cc3)cc2)C(=O)NC(=O)NC1=O. The van der Waals surface area contributed by atoms with Crippen LogP contribution < -0.4 is 25.8 Å². The molecule has 0 aromatic heterocycles. The molecule has 0 atom stereocenters. The average Bonchev–Trinajstić information content (AvgIpc) is 2.77. The van der Waals surface area contributed by atoms with Crippen LogP contribution in [0.3, 0.4) is 0 Å². The van der Waals surface area contributed by atoms with E-state index in [0.29, 0.717) is 17.9 Å². The number of nitrogens with two attached hydrogens (primary N) is 1. The van der Waals surface area contributed by atoms with E-state index in [-0.39, 0.29) is 25.4 Å². The van der Waals surface area contributed by atoms with Crippen molar-refractivity contribution in [1.82, 2.24) is 10.6 Å². The van der Waals surface area contributed by atoms with Gasteiger partial charge in [0.05, 0.1) is 6.61 Å². The Labute approximate surface area is 184 Å². The molecule has 1 aliphatic rings. The fraction of sp³-hybridized carbons (Fsp3) is 0.273. The highest BCUT2D eigenvalue weighted by Gasteiger charge is 2.52. The first-order valence-electron chi connectivity index (χ1n) is 9.89.